The van der Waals surface area contributed by atoms with Gasteiger partial charge in [-0.15, -0.1) is 0 Å². The number of hydrogen-bond donors (Lipinski definition) is 3. The van der Waals surface area contributed by atoms with Gasteiger partial charge in [-0.3, -0.25) is 4.79 Å². The maximum atomic E-state index is 13.3. The number of carbonyl (C=O) groups is 1. The fourth-order valence-corrected chi connectivity index (χ4v) is 11.2. The molecule has 4 aliphatic carbocycles. The zero-order valence-electron chi connectivity index (χ0n) is 25.8. The lowest BCUT2D eigenvalue weighted by Gasteiger charge is -2.63. The van der Waals surface area contributed by atoms with Gasteiger partial charge in [0, 0.05) is 19.5 Å². The maximum Gasteiger partial charge on any atom is 0.222 e. The third-order valence-corrected chi connectivity index (χ3v) is 13.7. The summed E-state index contributed by atoms with van der Waals surface area (Å²) in [6.07, 6.45) is 10.3. The van der Waals surface area contributed by atoms with Crippen LogP contribution in [0.2, 0.25) is 0 Å². The van der Waals surface area contributed by atoms with Gasteiger partial charge in [-0.2, -0.15) is 0 Å². The summed E-state index contributed by atoms with van der Waals surface area (Å²) in [5, 5.41) is 33.7. The second-order valence-corrected chi connectivity index (χ2v) is 15.6. The summed E-state index contributed by atoms with van der Waals surface area (Å²) in [4.78, 5) is 15.4. The van der Waals surface area contributed by atoms with E-state index in [0.29, 0.717) is 47.8 Å². The zero-order chi connectivity index (χ0) is 28.9. The van der Waals surface area contributed by atoms with Crippen LogP contribution in [0.5, 0.6) is 0 Å². The first-order chi connectivity index (χ1) is 19.6. The molecule has 0 radical (unpaired) electrons. The van der Waals surface area contributed by atoms with Crippen molar-refractivity contribution in [2.75, 3.05) is 13.1 Å². The highest BCUT2D eigenvalue weighted by atomic mass is 16.3. The summed E-state index contributed by atoms with van der Waals surface area (Å²) in [5.74, 6) is 3.00. The third-order valence-electron chi connectivity index (χ3n) is 13.7. The predicted octanol–water partition coefficient (Wildman–Crippen LogP) is 5.85. The summed E-state index contributed by atoms with van der Waals surface area (Å²) in [7, 11) is 0. The summed E-state index contributed by atoms with van der Waals surface area (Å²) < 4.78 is 0. The Labute approximate surface area is 248 Å². The number of benzene rings is 1. The van der Waals surface area contributed by atoms with Gasteiger partial charge in [-0.25, -0.2) is 0 Å². The fourth-order valence-electron chi connectivity index (χ4n) is 11.2. The van der Waals surface area contributed by atoms with Crippen molar-refractivity contribution in [2.24, 2.45) is 52.3 Å². The molecule has 1 amide bonds. The Hall–Kier alpha value is -1.43. The van der Waals surface area contributed by atoms with E-state index in [2.05, 4.69) is 56.0 Å². The number of fused-ring (bicyclic) bond motifs is 5. The topological polar surface area (TPSA) is 81.0 Å². The van der Waals surface area contributed by atoms with Crippen LogP contribution in [0.25, 0.3) is 0 Å². The van der Waals surface area contributed by atoms with E-state index in [1.54, 1.807) is 0 Å². The first-order valence-electron chi connectivity index (χ1n) is 17.0. The molecule has 5 heteroatoms. The molecule has 6 rings (SSSR count). The average molecular weight is 566 g/mol. The van der Waals surface area contributed by atoms with E-state index in [4.69, 9.17) is 0 Å². The largest absolute Gasteiger partial charge is 0.393 e. The number of likely N-dealkylation sites (tertiary alicyclic amines) is 1. The minimum Gasteiger partial charge on any atom is -0.393 e. The van der Waals surface area contributed by atoms with Crippen molar-refractivity contribution >= 4 is 5.91 Å². The summed E-state index contributed by atoms with van der Waals surface area (Å²) in [5.41, 5.74) is 1.31. The number of hydrogen-bond acceptors (Lipinski definition) is 4. The Kier molecular flexibility index (Phi) is 8.37. The van der Waals surface area contributed by atoms with Crippen LogP contribution in [-0.4, -0.2) is 57.5 Å². The van der Waals surface area contributed by atoms with E-state index in [1.807, 2.05) is 0 Å². The van der Waals surface area contributed by atoms with Gasteiger partial charge in [0.1, 0.15) is 0 Å². The lowest BCUT2D eigenvalue weighted by atomic mass is 9.43. The van der Waals surface area contributed by atoms with E-state index in [-0.39, 0.29) is 35.1 Å². The van der Waals surface area contributed by atoms with Crippen molar-refractivity contribution in [3.05, 3.63) is 35.9 Å². The standard InChI is InChI=1S/C36H55NO4/c1-23(9-12-33(41)37-17-14-25(15-18-37)19-24-7-5-4-6-8-24)28-10-11-29-34-30(22-32(40)36(28,29)3)35(2)16-13-27(38)20-26(35)21-31(34)39/h4-8,23,25-32,34,38-40H,9-22H2,1-3H3/t23-,26-,27-,28+,29-,30-,31-,32+,34+,35+,36-/m1/s1. The second kappa shape index (κ2) is 11.6. The van der Waals surface area contributed by atoms with E-state index in [0.717, 1.165) is 83.7 Å². The number of carbonyl (C=O) groups excluding carboxylic acids is 1. The number of nitrogens with zero attached hydrogens (tertiary/aromatic N) is 1. The van der Waals surface area contributed by atoms with Gasteiger partial charge in [0.25, 0.3) is 0 Å². The minimum absolute atomic E-state index is 0.107. The number of amides is 1. The van der Waals surface area contributed by atoms with Gasteiger partial charge < -0.3 is 20.2 Å². The van der Waals surface area contributed by atoms with Gasteiger partial charge in [-0.1, -0.05) is 51.1 Å². The molecule has 1 aromatic carbocycles. The van der Waals surface area contributed by atoms with Crippen LogP contribution >= 0.6 is 0 Å². The smallest absolute Gasteiger partial charge is 0.222 e. The molecule has 5 fully saturated rings. The van der Waals surface area contributed by atoms with Crippen LogP contribution in [0.1, 0.15) is 97.0 Å². The Morgan fingerprint density at radius 3 is 2.41 bits per heavy atom. The molecule has 5 nitrogen and oxygen atoms in total. The highest BCUT2D eigenvalue weighted by Crippen LogP contribution is 2.68. The van der Waals surface area contributed by atoms with Crippen molar-refractivity contribution in [3.8, 4) is 0 Å². The number of aliphatic hydroxyl groups excluding tert-OH is 3. The van der Waals surface area contributed by atoms with Gasteiger partial charge in [0.15, 0.2) is 0 Å². The van der Waals surface area contributed by atoms with Crippen molar-refractivity contribution in [1.82, 2.24) is 4.90 Å². The SMILES string of the molecule is C[C@H](CCC(=O)N1CCC(Cc2ccccc2)CC1)[C@@H]1CC[C@@H]2[C@@H]3[C@H](O)C[C@H]4C[C@H](O)CC[C@]4(C)[C@@H]3C[C@H](O)[C@@]21C. The van der Waals surface area contributed by atoms with E-state index >= 15 is 0 Å². The molecule has 0 bridgehead atoms. The molecule has 41 heavy (non-hydrogen) atoms. The fraction of sp³-hybridized carbons (Fsp3) is 0.806. The molecule has 0 unspecified atom stereocenters. The molecule has 228 valence electrons. The molecule has 4 saturated carbocycles. The molecule has 3 N–H and O–H groups in total. The Morgan fingerprint density at radius 2 is 1.68 bits per heavy atom. The van der Waals surface area contributed by atoms with Crippen LogP contribution in [0.3, 0.4) is 0 Å². The van der Waals surface area contributed by atoms with Gasteiger partial charge in [0.05, 0.1) is 18.3 Å². The van der Waals surface area contributed by atoms with Crippen LogP contribution in [0.15, 0.2) is 30.3 Å². The van der Waals surface area contributed by atoms with E-state index < -0.39 is 0 Å². The Bertz CT molecular complexity index is 1050. The quantitative estimate of drug-likeness (QED) is 0.405. The van der Waals surface area contributed by atoms with Crippen LogP contribution in [0.4, 0.5) is 0 Å². The van der Waals surface area contributed by atoms with Crippen LogP contribution < -0.4 is 0 Å². The zero-order valence-corrected chi connectivity index (χ0v) is 25.8. The molecular weight excluding hydrogens is 510 g/mol. The normalized spacial score (nSPS) is 43.6. The maximum absolute atomic E-state index is 13.3. The second-order valence-electron chi connectivity index (χ2n) is 15.6. The molecule has 11 atom stereocenters. The van der Waals surface area contributed by atoms with Gasteiger partial charge in [-0.05, 0) is 128 Å². The molecule has 5 aliphatic rings. The van der Waals surface area contributed by atoms with Crippen LogP contribution in [-0.2, 0) is 11.2 Å². The van der Waals surface area contributed by atoms with Gasteiger partial charge >= 0.3 is 0 Å². The Morgan fingerprint density at radius 1 is 0.951 bits per heavy atom. The van der Waals surface area contributed by atoms with Crippen molar-refractivity contribution in [3.63, 3.8) is 0 Å². The number of aliphatic hydroxyl groups is 3. The molecule has 1 aliphatic heterocycles. The molecular formula is C36H55NO4. The number of piperidine rings is 1. The summed E-state index contributed by atoms with van der Waals surface area (Å²) in [6, 6.07) is 10.7. The van der Waals surface area contributed by atoms with E-state index in [1.165, 1.54) is 5.56 Å². The molecule has 0 spiro atoms. The Balaban J connectivity index is 1.05. The molecule has 0 aromatic heterocycles. The van der Waals surface area contributed by atoms with Crippen LogP contribution in [0, 0.1) is 52.3 Å². The highest BCUT2D eigenvalue weighted by molar-refractivity contribution is 5.76. The van der Waals surface area contributed by atoms with E-state index in [9.17, 15) is 20.1 Å². The predicted molar refractivity (Wildman–Crippen MR) is 162 cm³/mol. The summed E-state index contributed by atoms with van der Waals surface area (Å²) >= 11 is 0. The van der Waals surface area contributed by atoms with Crippen molar-refractivity contribution in [2.45, 2.75) is 116 Å². The van der Waals surface area contributed by atoms with Gasteiger partial charge in [0.2, 0.25) is 5.91 Å². The third kappa shape index (κ3) is 5.31. The van der Waals surface area contributed by atoms with Crippen molar-refractivity contribution < 1.29 is 20.1 Å². The van der Waals surface area contributed by atoms with Crippen molar-refractivity contribution in [1.29, 1.82) is 0 Å². The molecule has 1 aromatic rings. The molecule has 1 heterocycles. The lowest BCUT2D eigenvalue weighted by molar-refractivity contribution is -0.207. The minimum atomic E-state index is -0.363. The first-order valence-corrected chi connectivity index (χ1v) is 17.0. The molecule has 1 saturated heterocycles. The lowest BCUT2D eigenvalue weighted by Crippen LogP contribution is -2.62. The highest BCUT2D eigenvalue weighted by Gasteiger charge is 2.65. The first kappa shape index (κ1) is 29.6. The summed E-state index contributed by atoms with van der Waals surface area (Å²) in [6.45, 7) is 8.79. The number of rotatable bonds is 6. The monoisotopic (exact) mass is 565 g/mol. The average Bonchev–Trinajstić information content (AvgIpc) is 3.32.